The van der Waals surface area contributed by atoms with Crippen molar-refractivity contribution < 1.29 is 0 Å². The first kappa shape index (κ1) is 16.3. The molecule has 0 aromatic rings. The highest BCUT2D eigenvalue weighted by Crippen LogP contribution is 2.35. The second-order valence-electron chi connectivity index (χ2n) is 6.75. The van der Waals surface area contributed by atoms with Crippen molar-refractivity contribution in [3.8, 4) is 0 Å². The number of hydrogen-bond donors (Lipinski definition) is 1. The Hall–Kier alpha value is -0.120. The molecule has 2 saturated heterocycles. The average molecular weight is 281 g/mol. The zero-order valence-electron chi connectivity index (χ0n) is 14.1. The molecule has 3 nitrogen and oxygen atoms in total. The molecule has 0 aromatic carbocycles. The Bertz CT molecular complexity index is 263. The Kier molecular flexibility index (Phi) is 6.31. The Morgan fingerprint density at radius 1 is 1.10 bits per heavy atom. The maximum atomic E-state index is 3.70. The van der Waals surface area contributed by atoms with E-state index in [9.17, 15) is 0 Å². The molecule has 2 bridgehead atoms. The van der Waals surface area contributed by atoms with Crippen LogP contribution in [-0.2, 0) is 0 Å². The predicted molar refractivity (Wildman–Crippen MR) is 87.2 cm³/mol. The Balaban J connectivity index is 1.97. The van der Waals surface area contributed by atoms with Gasteiger partial charge in [0.1, 0.15) is 0 Å². The van der Waals surface area contributed by atoms with Crippen molar-refractivity contribution in [3.63, 3.8) is 0 Å². The van der Waals surface area contributed by atoms with E-state index in [-0.39, 0.29) is 0 Å². The summed E-state index contributed by atoms with van der Waals surface area (Å²) in [5, 5.41) is 3.70. The minimum absolute atomic E-state index is 0.716. The average Bonchev–Trinajstić information content (AvgIpc) is 2.44. The summed E-state index contributed by atoms with van der Waals surface area (Å²) in [6, 6.07) is 3.15. The maximum Gasteiger partial charge on any atom is 0.0200 e. The third-order valence-corrected chi connectivity index (χ3v) is 5.45. The van der Waals surface area contributed by atoms with Crippen LogP contribution in [0.25, 0.3) is 0 Å². The summed E-state index contributed by atoms with van der Waals surface area (Å²) in [5.41, 5.74) is 0. The molecular formula is C17H35N3. The van der Waals surface area contributed by atoms with E-state index in [2.05, 4.69) is 42.8 Å². The van der Waals surface area contributed by atoms with Gasteiger partial charge in [-0.2, -0.15) is 0 Å². The molecule has 20 heavy (non-hydrogen) atoms. The van der Waals surface area contributed by atoms with Gasteiger partial charge < -0.3 is 10.2 Å². The molecule has 2 heterocycles. The van der Waals surface area contributed by atoms with Crippen LogP contribution < -0.4 is 5.32 Å². The fourth-order valence-corrected chi connectivity index (χ4v) is 4.54. The molecule has 0 spiro atoms. The van der Waals surface area contributed by atoms with Crippen molar-refractivity contribution in [1.29, 1.82) is 0 Å². The van der Waals surface area contributed by atoms with Crippen LogP contribution in [0.3, 0.4) is 0 Å². The van der Waals surface area contributed by atoms with Gasteiger partial charge in [-0.1, -0.05) is 27.2 Å². The van der Waals surface area contributed by atoms with Crippen LogP contribution in [0.1, 0.15) is 59.8 Å². The van der Waals surface area contributed by atoms with E-state index in [1.54, 1.807) is 0 Å². The predicted octanol–water partition coefficient (Wildman–Crippen LogP) is 2.71. The minimum Gasteiger partial charge on any atom is -0.314 e. The Morgan fingerprint density at radius 2 is 1.70 bits per heavy atom. The molecule has 0 amide bonds. The van der Waals surface area contributed by atoms with Gasteiger partial charge in [-0.25, -0.2) is 0 Å². The van der Waals surface area contributed by atoms with Crippen LogP contribution in [0, 0.1) is 0 Å². The summed E-state index contributed by atoms with van der Waals surface area (Å²) < 4.78 is 0. The van der Waals surface area contributed by atoms with Gasteiger partial charge in [0.25, 0.3) is 0 Å². The molecule has 0 aromatic heterocycles. The van der Waals surface area contributed by atoms with Crippen LogP contribution in [0.5, 0.6) is 0 Å². The van der Waals surface area contributed by atoms with Gasteiger partial charge >= 0.3 is 0 Å². The first-order valence-corrected chi connectivity index (χ1v) is 8.92. The fourth-order valence-electron chi connectivity index (χ4n) is 4.54. The van der Waals surface area contributed by atoms with Gasteiger partial charge in [-0.3, -0.25) is 4.90 Å². The van der Waals surface area contributed by atoms with Gasteiger partial charge in [0.15, 0.2) is 0 Å². The van der Waals surface area contributed by atoms with E-state index in [1.165, 1.54) is 51.7 Å². The van der Waals surface area contributed by atoms with Gasteiger partial charge in [0.05, 0.1) is 0 Å². The van der Waals surface area contributed by atoms with Gasteiger partial charge in [0.2, 0.25) is 0 Å². The normalized spacial score (nSPS) is 32.5. The van der Waals surface area contributed by atoms with E-state index >= 15 is 0 Å². The second-order valence-corrected chi connectivity index (χ2v) is 6.75. The molecule has 3 atom stereocenters. The topological polar surface area (TPSA) is 18.5 Å². The lowest BCUT2D eigenvalue weighted by atomic mass is 9.80. The highest BCUT2D eigenvalue weighted by Gasteiger charge is 2.40. The van der Waals surface area contributed by atoms with Crippen LogP contribution in [0.2, 0.25) is 0 Å². The van der Waals surface area contributed by atoms with Crippen LogP contribution in [0.4, 0.5) is 0 Å². The fraction of sp³-hybridized carbons (Fsp3) is 1.00. The minimum atomic E-state index is 0.716. The molecule has 118 valence electrons. The molecule has 0 aliphatic carbocycles. The molecule has 2 rings (SSSR count). The van der Waals surface area contributed by atoms with Gasteiger partial charge in [0, 0.05) is 30.7 Å². The number of likely N-dealkylation sites (N-methyl/N-ethyl adjacent to an activating group) is 1. The van der Waals surface area contributed by atoms with Crippen LogP contribution in [0.15, 0.2) is 0 Å². The van der Waals surface area contributed by atoms with Crippen LogP contribution >= 0.6 is 0 Å². The lowest BCUT2D eigenvalue weighted by Crippen LogP contribution is -2.60. The van der Waals surface area contributed by atoms with E-state index < -0.39 is 0 Å². The van der Waals surface area contributed by atoms with E-state index in [1.807, 2.05) is 0 Å². The van der Waals surface area contributed by atoms with E-state index in [4.69, 9.17) is 0 Å². The largest absolute Gasteiger partial charge is 0.314 e. The molecule has 2 aliphatic rings. The lowest BCUT2D eigenvalue weighted by Gasteiger charge is -2.52. The van der Waals surface area contributed by atoms with E-state index in [0.29, 0.717) is 6.04 Å². The molecule has 3 heteroatoms. The zero-order valence-corrected chi connectivity index (χ0v) is 14.1. The molecule has 3 unspecified atom stereocenters. The van der Waals surface area contributed by atoms with Gasteiger partial charge in [-0.05, 0) is 52.2 Å². The summed E-state index contributed by atoms with van der Waals surface area (Å²) in [4.78, 5) is 5.46. The number of nitrogens with zero attached hydrogens (tertiary/aromatic N) is 2. The number of hydrogen-bond acceptors (Lipinski definition) is 3. The first-order chi connectivity index (χ1) is 9.69. The van der Waals surface area contributed by atoms with Crippen molar-refractivity contribution in [2.75, 3.05) is 26.2 Å². The number of nitrogens with one attached hydrogen (secondary N) is 1. The quantitative estimate of drug-likeness (QED) is 0.774. The van der Waals surface area contributed by atoms with Crippen LogP contribution in [-0.4, -0.2) is 60.1 Å². The zero-order chi connectivity index (χ0) is 14.5. The van der Waals surface area contributed by atoms with E-state index in [0.717, 1.165) is 24.7 Å². The SMILES string of the molecule is CCNC1CC2CCCC(C1)N2C(C)CN(CC)CC. The molecule has 0 saturated carbocycles. The summed E-state index contributed by atoms with van der Waals surface area (Å²) in [6.07, 6.45) is 7.02. The second kappa shape index (κ2) is 7.77. The molecular weight excluding hydrogens is 246 g/mol. The standard InChI is InChI=1S/C17H35N3/c1-5-18-15-11-16-9-8-10-17(12-15)20(16)14(4)13-19(6-2)7-3/h14-18H,5-13H2,1-4H3. The lowest BCUT2D eigenvalue weighted by molar-refractivity contribution is -0.0146. The van der Waals surface area contributed by atoms with Gasteiger partial charge in [-0.15, -0.1) is 0 Å². The highest BCUT2D eigenvalue weighted by molar-refractivity contribution is 4.97. The number of piperidine rings is 2. The van der Waals surface area contributed by atoms with Crippen molar-refractivity contribution >= 4 is 0 Å². The third-order valence-electron chi connectivity index (χ3n) is 5.45. The molecule has 2 fully saturated rings. The van der Waals surface area contributed by atoms with Crippen molar-refractivity contribution in [3.05, 3.63) is 0 Å². The Morgan fingerprint density at radius 3 is 2.20 bits per heavy atom. The summed E-state index contributed by atoms with van der Waals surface area (Å²) >= 11 is 0. The van der Waals surface area contributed by atoms with Crippen molar-refractivity contribution in [2.24, 2.45) is 0 Å². The first-order valence-electron chi connectivity index (χ1n) is 8.92. The van der Waals surface area contributed by atoms with Crippen molar-refractivity contribution in [2.45, 2.75) is 84.0 Å². The Labute approximate surface area is 126 Å². The molecule has 2 aliphatic heterocycles. The highest BCUT2D eigenvalue weighted by atomic mass is 15.3. The maximum absolute atomic E-state index is 3.70. The summed E-state index contributed by atoms with van der Waals surface area (Å²) in [7, 11) is 0. The monoisotopic (exact) mass is 281 g/mol. The van der Waals surface area contributed by atoms with Crippen molar-refractivity contribution in [1.82, 2.24) is 15.1 Å². The molecule has 1 N–H and O–H groups in total. The number of fused-ring (bicyclic) bond motifs is 2. The molecule has 0 radical (unpaired) electrons. The smallest absolute Gasteiger partial charge is 0.0200 e. The third kappa shape index (κ3) is 3.75. The number of rotatable bonds is 7. The summed E-state index contributed by atoms with van der Waals surface area (Å²) in [5.74, 6) is 0. The summed E-state index contributed by atoms with van der Waals surface area (Å²) in [6.45, 7) is 14.0.